The molecule has 2 aromatic rings. The molecule has 0 saturated heterocycles. The van der Waals surface area contributed by atoms with E-state index < -0.39 is 4.92 Å². The third kappa shape index (κ3) is 3.02. The zero-order valence-corrected chi connectivity index (χ0v) is 11.1. The molecule has 0 bridgehead atoms. The standard InChI is InChI=1S/C12H14N4O4/c1-8(6-9-4-3-5-20-9)15-11-10(16(17)18)12(19-2)14-7-13-11/h3-5,7-8H,6H2,1-2H3,(H,13,14,15). The Hall–Kier alpha value is -2.64. The van der Waals surface area contributed by atoms with Gasteiger partial charge in [0.15, 0.2) is 0 Å². The van der Waals surface area contributed by atoms with Gasteiger partial charge in [-0.25, -0.2) is 4.98 Å². The molecule has 1 N–H and O–H groups in total. The first-order chi connectivity index (χ1) is 9.61. The van der Waals surface area contributed by atoms with Crippen molar-refractivity contribution in [3.05, 3.63) is 40.6 Å². The van der Waals surface area contributed by atoms with Crippen molar-refractivity contribution in [1.82, 2.24) is 9.97 Å². The molecule has 2 aromatic heterocycles. The number of rotatable bonds is 6. The lowest BCUT2D eigenvalue weighted by Gasteiger charge is -2.13. The largest absolute Gasteiger partial charge is 0.476 e. The first kappa shape index (κ1) is 13.8. The second-order valence-corrected chi connectivity index (χ2v) is 4.17. The number of ether oxygens (including phenoxy) is 1. The van der Waals surface area contributed by atoms with Crippen LogP contribution in [-0.2, 0) is 6.42 Å². The average molecular weight is 278 g/mol. The molecule has 8 nitrogen and oxygen atoms in total. The molecule has 0 spiro atoms. The van der Waals surface area contributed by atoms with Crippen LogP contribution < -0.4 is 10.1 Å². The Morgan fingerprint density at radius 1 is 1.55 bits per heavy atom. The van der Waals surface area contributed by atoms with Gasteiger partial charge in [0.1, 0.15) is 12.1 Å². The van der Waals surface area contributed by atoms with Gasteiger partial charge in [0, 0.05) is 12.5 Å². The Labute approximate surface area is 114 Å². The van der Waals surface area contributed by atoms with Crippen LogP contribution >= 0.6 is 0 Å². The smallest absolute Gasteiger partial charge is 0.372 e. The summed E-state index contributed by atoms with van der Waals surface area (Å²) in [6.07, 6.45) is 3.38. The van der Waals surface area contributed by atoms with Crippen molar-refractivity contribution in [3.8, 4) is 5.88 Å². The maximum absolute atomic E-state index is 11.1. The zero-order valence-electron chi connectivity index (χ0n) is 11.1. The molecule has 1 atom stereocenters. The number of hydrogen-bond donors (Lipinski definition) is 1. The highest BCUT2D eigenvalue weighted by molar-refractivity contribution is 5.61. The van der Waals surface area contributed by atoms with Gasteiger partial charge in [0.05, 0.1) is 18.3 Å². The van der Waals surface area contributed by atoms with Crippen molar-refractivity contribution >= 4 is 11.5 Å². The van der Waals surface area contributed by atoms with E-state index in [1.165, 1.54) is 13.4 Å². The second kappa shape index (κ2) is 6.00. The molecule has 20 heavy (non-hydrogen) atoms. The summed E-state index contributed by atoms with van der Waals surface area (Å²) in [7, 11) is 1.32. The molecule has 2 heterocycles. The SMILES string of the molecule is COc1ncnc(NC(C)Cc2ccco2)c1[N+](=O)[O-]. The third-order valence-electron chi connectivity index (χ3n) is 2.64. The number of nitrogens with one attached hydrogen (secondary N) is 1. The monoisotopic (exact) mass is 278 g/mol. The lowest BCUT2D eigenvalue weighted by molar-refractivity contribution is -0.385. The van der Waals surface area contributed by atoms with Crippen LogP contribution in [0.25, 0.3) is 0 Å². The zero-order chi connectivity index (χ0) is 14.5. The second-order valence-electron chi connectivity index (χ2n) is 4.17. The van der Waals surface area contributed by atoms with Crippen molar-refractivity contribution in [2.45, 2.75) is 19.4 Å². The Balaban J connectivity index is 2.18. The molecule has 0 aliphatic heterocycles. The fraction of sp³-hybridized carbons (Fsp3) is 0.333. The van der Waals surface area contributed by atoms with Gasteiger partial charge in [-0.1, -0.05) is 0 Å². The number of furan rings is 1. The van der Waals surface area contributed by atoms with Crippen molar-refractivity contribution in [1.29, 1.82) is 0 Å². The quantitative estimate of drug-likeness (QED) is 0.636. The normalized spacial score (nSPS) is 11.9. The molecule has 0 amide bonds. The van der Waals surface area contributed by atoms with Crippen LogP contribution in [0, 0.1) is 10.1 Å². The van der Waals surface area contributed by atoms with E-state index in [9.17, 15) is 10.1 Å². The predicted molar refractivity (Wildman–Crippen MR) is 70.7 cm³/mol. The average Bonchev–Trinajstić information content (AvgIpc) is 2.90. The van der Waals surface area contributed by atoms with Crippen LogP contribution in [0.2, 0.25) is 0 Å². The van der Waals surface area contributed by atoms with Crippen LogP contribution in [0.5, 0.6) is 5.88 Å². The Morgan fingerprint density at radius 2 is 2.35 bits per heavy atom. The summed E-state index contributed by atoms with van der Waals surface area (Å²) in [5, 5.41) is 14.1. The van der Waals surface area contributed by atoms with E-state index >= 15 is 0 Å². The van der Waals surface area contributed by atoms with E-state index in [1.807, 2.05) is 13.0 Å². The van der Waals surface area contributed by atoms with Crippen LogP contribution in [0.1, 0.15) is 12.7 Å². The molecule has 0 saturated carbocycles. The van der Waals surface area contributed by atoms with Crippen molar-refractivity contribution in [2.75, 3.05) is 12.4 Å². The molecule has 0 fully saturated rings. The number of anilines is 1. The van der Waals surface area contributed by atoms with Crippen LogP contribution in [0.15, 0.2) is 29.1 Å². The van der Waals surface area contributed by atoms with Crippen LogP contribution in [-0.4, -0.2) is 28.0 Å². The van der Waals surface area contributed by atoms with E-state index in [2.05, 4.69) is 15.3 Å². The molecule has 106 valence electrons. The molecular formula is C12H14N4O4. The number of aromatic nitrogens is 2. The van der Waals surface area contributed by atoms with Crippen LogP contribution in [0.4, 0.5) is 11.5 Å². The minimum atomic E-state index is -0.569. The van der Waals surface area contributed by atoms with E-state index in [0.717, 1.165) is 5.76 Å². The fourth-order valence-corrected chi connectivity index (χ4v) is 1.80. The van der Waals surface area contributed by atoms with Gasteiger partial charge in [0.25, 0.3) is 5.88 Å². The lowest BCUT2D eigenvalue weighted by Crippen LogP contribution is -2.19. The number of hydrogen-bond acceptors (Lipinski definition) is 7. The lowest BCUT2D eigenvalue weighted by atomic mass is 10.2. The summed E-state index contributed by atoms with van der Waals surface area (Å²) in [4.78, 5) is 18.2. The van der Waals surface area contributed by atoms with E-state index in [4.69, 9.17) is 9.15 Å². The summed E-state index contributed by atoms with van der Waals surface area (Å²) < 4.78 is 10.1. The number of nitro groups is 1. The van der Waals surface area contributed by atoms with Gasteiger partial charge in [-0.15, -0.1) is 0 Å². The third-order valence-corrected chi connectivity index (χ3v) is 2.64. The Kier molecular flexibility index (Phi) is 4.14. The highest BCUT2D eigenvalue weighted by atomic mass is 16.6. The van der Waals surface area contributed by atoms with Gasteiger partial charge in [-0.3, -0.25) is 10.1 Å². The highest BCUT2D eigenvalue weighted by Crippen LogP contribution is 2.30. The van der Waals surface area contributed by atoms with E-state index in [-0.39, 0.29) is 23.4 Å². The van der Waals surface area contributed by atoms with Gasteiger partial charge in [-0.05, 0) is 19.1 Å². The van der Waals surface area contributed by atoms with Gasteiger partial charge in [-0.2, -0.15) is 4.98 Å². The summed E-state index contributed by atoms with van der Waals surface area (Å²) in [5.74, 6) is 0.840. The minimum Gasteiger partial charge on any atom is -0.476 e. The van der Waals surface area contributed by atoms with Crippen molar-refractivity contribution in [2.24, 2.45) is 0 Å². The van der Waals surface area contributed by atoms with Gasteiger partial charge >= 0.3 is 5.69 Å². The van der Waals surface area contributed by atoms with E-state index in [0.29, 0.717) is 6.42 Å². The maximum Gasteiger partial charge on any atom is 0.372 e. The number of nitrogens with zero attached hydrogens (tertiary/aromatic N) is 3. The molecule has 1 unspecified atom stereocenters. The van der Waals surface area contributed by atoms with Gasteiger partial charge in [0.2, 0.25) is 5.82 Å². The summed E-state index contributed by atoms with van der Waals surface area (Å²) in [6, 6.07) is 3.53. The summed E-state index contributed by atoms with van der Waals surface area (Å²) in [5.41, 5.74) is -0.277. The Bertz CT molecular complexity index is 585. The molecule has 8 heteroatoms. The molecule has 0 aliphatic rings. The maximum atomic E-state index is 11.1. The summed E-state index contributed by atoms with van der Waals surface area (Å²) >= 11 is 0. The first-order valence-electron chi connectivity index (χ1n) is 5.94. The predicted octanol–water partition coefficient (Wildman–Crippen LogP) is 2.03. The molecule has 0 radical (unpaired) electrons. The molecular weight excluding hydrogens is 264 g/mol. The highest BCUT2D eigenvalue weighted by Gasteiger charge is 2.24. The number of methoxy groups -OCH3 is 1. The topological polar surface area (TPSA) is 103 Å². The molecule has 2 rings (SSSR count). The fourth-order valence-electron chi connectivity index (χ4n) is 1.80. The van der Waals surface area contributed by atoms with E-state index in [1.54, 1.807) is 12.3 Å². The van der Waals surface area contributed by atoms with Gasteiger partial charge < -0.3 is 14.5 Å². The first-order valence-corrected chi connectivity index (χ1v) is 5.94. The minimum absolute atomic E-state index is 0.0716. The van der Waals surface area contributed by atoms with Crippen LogP contribution in [0.3, 0.4) is 0 Å². The summed E-state index contributed by atoms with van der Waals surface area (Å²) in [6.45, 7) is 1.88. The molecule has 0 aromatic carbocycles. The molecule has 0 aliphatic carbocycles. The van der Waals surface area contributed by atoms with Crippen molar-refractivity contribution < 1.29 is 14.1 Å². The Morgan fingerprint density at radius 3 is 2.95 bits per heavy atom. The van der Waals surface area contributed by atoms with Crippen molar-refractivity contribution in [3.63, 3.8) is 0 Å².